The third kappa shape index (κ3) is 2.91. The minimum absolute atomic E-state index is 0.0237. The molecule has 4 rings (SSSR count). The topological polar surface area (TPSA) is 49.0 Å². The zero-order valence-electron chi connectivity index (χ0n) is 12.6. The SMILES string of the molecule is O=c1[nH]c(C2CC2)nc2c1CCN(Cc1ccc(F)c(F)c1)C2. The van der Waals surface area contributed by atoms with Crippen molar-refractivity contribution in [3.05, 3.63) is 62.8 Å². The minimum atomic E-state index is -0.833. The van der Waals surface area contributed by atoms with Gasteiger partial charge in [-0.05, 0) is 37.0 Å². The lowest BCUT2D eigenvalue weighted by molar-refractivity contribution is 0.239. The number of hydrogen-bond acceptors (Lipinski definition) is 3. The first-order chi connectivity index (χ1) is 11.1. The van der Waals surface area contributed by atoms with Crippen LogP contribution in [0.25, 0.3) is 0 Å². The van der Waals surface area contributed by atoms with Gasteiger partial charge in [0.1, 0.15) is 5.82 Å². The van der Waals surface area contributed by atoms with Crippen LogP contribution in [-0.4, -0.2) is 21.4 Å². The van der Waals surface area contributed by atoms with Crippen LogP contribution in [0.2, 0.25) is 0 Å². The van der Waals surface area contributed by atoms with Gasteiger partial charge in [0.15, 0.2) is 11.6 Å². The number of nitrogens with zero attached hydrogens (tertiary/aromatic N) is 2. The van der Waals surface area contributed by atoms with Crippen LogP contribution in [0, 0.1) is 11.6 Å². The second-order valence-electron chi connectivity index (χ2n) is 6.36. The lowest BCUT2D eigenvalue weighted by Gasteiger charge is -2.27. The Morgan fingerprint density at radius 2 is 2.09 bits per heavy atom. The zero-order chi connectivity index (χ0) is 16.0. The Morgan fingerprint density at radius 1 is 1.26 bits per heavy atom. The molecule has 0 bridgehead atoms. The highest BCUT2D eigenvalue weighted by atomic mass is 19.2. The molecule has 0 radical (unpaired) electrons. The standard InChI is InChI=1S/C17H17F2N3O/c18-13-4-1-10(7-14(13)19)8-22-6-5-12-15(9-22)20-16(11-2-3-11)21-17(12)23/h1,4,7,11H,2-3,5-6,8-9H2,(H,20,21,23). The summed E-state index contributed by atoms with van der Waals surface area (Å²) in [7, 11) is 0. The maximum atomic E-state index is 13.3. The molecule has 1 aliphatic heterocycles. The summed E-state index contributed by atoms with van der Waals surface area (Å²) in [5, 5.41) is 0. The predicted molar refractivity (Wildman–Crippen MR) is 81.0 cm³/mol. The van der Waals surface area contributed by atoms with Crippen LogP contribution in [0.5, 0.6) is 0 Å². The van der Waals surface area contributed by atoms with E-state index in [1.165, 1.54) is 6.07 Å². The first-order valence-corrected chi connectivity index (χ1v) is 7.88. The molecule has 1 N–H and O–H groups in total. The number of nitrogens with one attached hydrogen (secondary N) is 1. The van der Waals surface area contributed by atoms with Gasteiger partial charge in [0.05, 0.1) is 5.69 Å². The van der Waals surface area contributed by atoms with Crippen LogP contribution in [0.1, 0.15) is 41.4 Å². The number of rotatable bonds is 3. The molecule has 0 spiro atoms. The van der Waals surface area contributed by atoms with Crippen molar-refractivity contribution in [2.45, 2.75) is 38.3 Å². The number of fused-ring (bicyclic) bond motifs is 1. The van der Waals surface area contributed by atoms with Crippen molar-refractivity contribution in [3.63, 3.8) is 0 Å². The molecule has 1 fully saturated rings. The van der Waals surface area contributed by atoms with Crippen molar-refractivity contribution in [1.29, 1.82) is 0 Å². The normalized spacial score (nSPS) is 18.0. The Balaban J connectivity index is 1.55. The Labute approximate surface area is 132 Å². The summed E-state index contributed by atoms with van der Waals surface area (Å²) in [6.07, 6.45) is 2.80. The molecule has 1 aliphatic carbocycles. The summed E-state index contributed by atoms with van der Waals surface area (Å²) in [6, 6.07) is 3.97. The van der Waals surface area contributed by atoms with Gasteiger partial charge in [-0.3, -0.25) is 9.69 Å². The highest BCUT2D eigenvalue weighted by molar-refractivity contribution is 5.24. The molecule has 4 nitrogen and oxygen atoms in total. The number of halogens is 2. The molecule has 0 atom stereocenters. The molecular weight excluding hydrogens is 300 g/mol. The van der Waals surface area contributed by atoms with Crippen LogP contribution in [0.3, 0.4) is 0 Å². The summed E-state index contributed by atoms with van der Waals surface area (Å²) < 4.78 is 26.3. The molecule has 2 aromatic rings. The average molecular weight is 317 g/mol. The van der Waals surface area contributed by atoms with E-state index >= 15 is 0 Å². The van der Waals surface area contributed by atoms with Crippen molar-refractivity contribution in [2.75, 3.05) is 6.54 Å². The maximum Gasteiger partial charge on any atom is 0.254 e. The minimum Gasteiger partial charge on any atom is -0.310 e. The number of H-pyrrole nitrogens is 1. The first kappa shape index (κ1) is 14.5. The van der Waals surface area contributed by atoms with Crippen molar-refractivity contribution in [3.8, 4) is 0 Å². The predicted octanol–water partition coefficient (Wildman–Crippen LogP) is 2.48. The average Bonchev–Trinajstić information content (AvgIpc) is 3.35. The Morgan fingerprint density at radius 3 is 2.83 bits per heavy atom. The Kier molecular flexibility index (Phi) is 3.49. The number of hydrogen-bond donors (Lipinski definition) is 1. The zero-order valence-corrected chi connectivity index (χ0v) is 12.6. The fourth-order valence-electron chi connectivity index (χ4n) is 3.09. The van der Waals surface area contributed by atoms with E-state index in [4.69, 9.17) is 0 Å². The van der Waals surface area contributed by atoms with Gasteiger partial charge in [-0.15, -0.1) is 0 Å². The van der Waals surface area contributed by atoms with Gasteiger partial charge in [0.25, 0.3) is 5.56 Å². The third-order valence-corrected chi connectivity index (χ3v) is 4.53. The van der Waals surface area contributed by atoms with Gasteiger partial charge >= 0.3 is 0 Å². The van der Waals surface area contributed by atoms with Crippen LogP contribution in [0.4, 0.5) is 8.78 Å². The van der Waals surface area contributed by atoms with Crippen molar-refractivity contribution < 1.29 is 8.78 Å². The van der Waals surface area contributed by atoms with E-state index in [1.54, 1.807) is 6.07 Å². The molecule has 2 heterocycles. The van der Waals surface area contributed by atoms with E-state index in [9.17, 15) is 13.6 Å². The molecular formula is C17H17F2N3O. The van der Waals surface area contributed by atoms with Gasteiger partial charge in [0, 0.05) is 31.1 Å². The van der Waals surface area contributed by atoms with Crippen LogP contribution >= 0.6 is 0 Å². The highest BCUT2D eigenvalue weighted by Gasteiger charge is 2.29. The van der Waals surface area contributed by atoms with Gasteiger partial charge < -0.3 is 4.98 Å². The van der Waals surface area contributed by atoms with Gasteiger partial charge in [-0.25, -0.2) is 13.8 Å². The van der Waals surface area contributed by atoms with Crippen LogP contribution in [0.15, 0.2) is 23.0 Å². The molecule has 0 unspecified atom stereocenters. The summed E-state index contributed by atoms with van der Waals surface area (Å²) >= 11 is 0. The third-order valence-electron chi connectivity index (χ3n) is 4.53. The summed E-state index contributed by atoms with van der Waals surface area (Å²) in [4.78, 5) is 21.8. The Bertz CT molecular complexity index is 814. The number of aromatic nitrogens is 2. The maximum absolute atomic E-state index is 13.3. The Hall–Kier alpha value is -2.08. The summed E-state index contributed by atoms with van der Waals surface area (Å²) in [5.74, 6) is -0.469. The monoisotopic (exact) mass is 317 g/mol. The number of benzene rings is 1. The lowest BCUT2D eigenvalue weighted by Crippen LogP contribution is -2.35. The summed E-state index contributed by atoms with van der Waals surface area (Å²) in [5.41, 5.74) is 2.28. The second kappa shape index (κ2) is 5.53. The fraction of sp³-hybridized carbons (Fsp3) is 0.412. The highest BCUT2D eigenvalue weighted by Crippen LogP contribution is 2.37. The molecule has 2 aliphatic rings. The molecule has 1 aromatic heterocycles. The van der Waals surface area contributed by atoms with Crippen LogP contribution in [-0.2, 0) is 19.5 Å². The number of aromatic amines is 1. The smallest absolute Gasteiger partial charge is 0.254 e. The lowest BCUT2D eigenvalue weighted by atomic mass is 10.1. The molecule has 0 saturated heterocycles. The quantitative estimate of drug-likeness (QED) is 0.946. The van der Waals surface area contributed by atoms with Crippen molar-refractivity contribution >= 4 is 0 Å². The fourth-order valence-corrected chi connectivity index (χ4v) is 3.09. The molecule has 23 heavy (non-hydrogen) atoms. The second-order valence-corrected chi connectivity index (χ2v) is 6.36. The molecule has 0 amide bonds. The van der Waals surface area contributed by atoms with Gasteiger partial charge in [-0.1, -0.05) is 6.07 Å². The van der Waals surface area contributed by atoms with Crippen LogP contribution < -0.4 is 5.56 Å². The molecule has 6 heteroatoms. The molecule has 120 valence electrons. The molecule has 1 aromatic carbocycles. The largest absolute Gasteiger partial charge is 0.310 e. The van der Waals surface area contributed by atoms with E-state index in [1.807, 2.05) is 0 Å². The van der Waals surface area contributed by atoms with E-state index in [-0.39, 0.29) is 5.56 Å². The van der Waals surface area contributed by atoms with Gasteiger partial charge in [-0.2, -0.15) is 0 Å². The van der Waals surface area contributed by atoms with E-state index in [2.05, 4.69) is 14.9 Å². The molecule has 1 saturated carbocycles. The van der Waals surface area contributed by atoms with E-state index in [0.717, 1.165) is 41.6 Å². The summed E-state index contributed by atoms with van der Waals surface area (Å²) in [6.45, 7) is 1.79. The first-order valence-electron chi connectivity index (χ1n) is 7.88. The van der Waals surface area contributed by atoms with Crippen molar-refractivity contribution in [2.24, 2.45) is 0 Å². The van der Waals surface area contributed by atoms with Crippen molar-refractivity contribution in [1.82, 2.24) is 14.9 Å². The van der Waals surface area contributed by atoms with E-state index in [0.29, 0.717) is 32.0 Å². The van der Waals surface area contributed by atoms with Gasteiger partial charge in [0.2, 0.25) is 0 Å². The van der Waals surface area contributed by atoms with E-state index < -0.39 is 11.6 Å².